The number of hydrogen-bond acceptors (Lipinski definition) is 3. The lowest BCUT2D eigenvalue weighted by Crippen LogP contribution is -2.45. The number of amides is 1. The van der Waals surface area contributed by atoms with Crippen LogP contribution in [0.5, 0.6) is 5.75 Å². The molecule has 140 valence electrons. The molecule has 0 aromatic heterocycles. The van der Waals surface area contributed by atoms with E-state index >= 15 is 0 Å². The van der Waals surface area contributed by atoms with Crippen LogP contribution >= 0.6 is 0 Å². The summed E-state index contributed by atoms with van der Waals surface area (Å²) in [5.74, 6) is 1.98. The predicted molar refractivity (Wildman–Crippen MR) is 103 cm³/mol. The van der Waals surface area contributed by atoms with E-state index in [0.29, 0.717) is 11.9 Å². The first kappa shape index (κ1) is 20.8. The Morgan fingerprint density at radius 1 is 1.20 bits per heavy atom. The zero-order valence-electron chi connectivity index (χ0n) is 16.3. The average molecular weight is 348 g/mol. The minimum Gasteiger partial charge on any atom is -0.497 e. The van der Waals surface area contributed by atoms with Crippen LogP contribution in [0.1, 0.15) is 26.3 Å². The SMILES string of the molecule is COc1ccc(CCNC(=NCC(=O)N(C)C)NC(C)C(C)C)cc1. The van der Waals surface area contributed by atoms with Gasteiger partial charge in [0.1, 0.15) is 12.3 Å². The first-order valence-corrected chi connectivity index (χ1v) is 8.71. The van der Waals surface area contributed by atoms with Crippen LogP contribution in [-0.4, -0.2) is 57.1 Å². The number of likely N-dealkylation sites (N-methyl/N-ethyl adjacent to an activating group) is 1. The van der Waals surface area contributed by atoms with E-state index in [-0.39, 0.29) is 18.5 Å². The van der Waals surface area contributed by atoms with Crippen molar-refractivity contribution in [2.24, 2.45) is 10.9 Å². The van der Waals surface area contributed by atoms with Gasteiger partial charge in [0.05, 0.1) is 7.11 Å². The summed E-state index contributed by atoms with van der Waals surface area (Å²) >= 11 is 0. The summed E-state index contributed by atoms with van der Waals surface area (Å²) in [7, 11) is 5.13. The van der Waals surface area contributed by atoms with Crippen molar-refractivity contribution in [3.05, 3.63) is 29.8 Å². The standard InChI is InChI=1S/C19H32N4O2/c1-14(2)15(3)22-19(21-13-18(24)23(4)5)20-12-11-16-7-9-17(25-6)10-8-16/h7-10,14-15H,11-13H2,1-6H3,(H2,20,21,22). The molecule has 1 atom stereocenters. The van der Waals surface area contributed by atoms with Crippen LogP contribution < -0.4 is 15.4 Å². The molecule has 0 heterocycles. The summed E-state index contributed by atoms with van der Waals surface area (Å²) in [6.45, 7) is 7.28. The van der Waals surface area contributed by atoms with Gasteiger partial charge >= 0.3 is 0 Å². The molecular formula is C19H32N4O2. The molecule has 0 aliphatic rings. The molecule has 0 fully saturated rings. The molecule has 0 saturated heterocycles. The van der Waals surface area contributed by atoms with E-state index in [1.807, 2.05) is 12.1 Å². The molecule has 0 saturated carbocycles. The molecule has 6 nitrogen and oxygen atoms in total. The maximum Gasteiger partial charge on any atom is 0.243 e. The van der Waals surface area contributed by atoms with E-state index in [4.69, 9.17) is 4.74 Å². The van der Waals surface area contributed by atoms with Crippen molar-refractivity contribution in [2.45, 2.75) is 33.2 Å². The largest absolute Gasteiger partial charge is 0.497 e. The molecular weight excluding hydrogens is 316 g/mol. The van der Waals surface area contributed by atoms with Gasteiger partial charge in [0.25, 0.3) is 0 Å². The Morgan fingerprint density at radius 3 is 2.36 bits per heavy atom. The van der Waals surface area contributed by atoms with Gasteiger partial charge in [0.2, 0.25) is 5.91 Å². The van der Waals surface area contributed by atoms with E-state index in [9.17, 15) is 4.79 Å². The quantitative estimate of drug-likeness (QED) is 0.556. The van der Waals surface area contributed by atoms with Crippen molar-refractivity contribution in [3.63, 3.8) is 0 Å². The molecule has 1 amide bonds. The maximum atomic E-state index is 11.8. The zero-order valence-corrected chi connectivity index (χ0v) is 16.3. The van der Waals surface area contributed by atoms with Gasteiger partial charge in [-0.1, -0.05) is 26.0 Å². The number of guanidine groups is 1. The number of rotatable bonds is 8. The second-order valence-electron chi connectivity index (χ2n) is 6.65. The van der Waals surface area contributed by atoms with Gasteiger partial charge in [-0.2, -0.15) is 0 Å². The third-order valence-electron chi connectivity index (χ3n) is 4.10. The lowest BCUT2D eigenvalue weighted by Gasteiger charge is -2.21. The van der Waals surface area contributed by atoms with Crippen LogP contribution in [0.25, 0.3) is 0 Å². The van der Waals surface area contributed by atoms with Crippen molar-refractivity contribution in [3.8, 4) is 5.75 Å². The normalized spacial score (nSPS) is 12.7. The molecule has 1 aromatic carbocycles. The lowest BCUT2D eigenvalue weighted by molar-refractivity contribution is -0.127. The van der Waals surface area contributed by atoms with Gasteiger partial charge in [-0.25, -0.2) is 4.99 Å². The Balaban J connectivity index is 2.61. The Kier molecular flexibility index (Phi) is 8.81. The number of benzene rings is 1. The van der Waals surface area contributed by atoms with Crippen LogP contribution in [-0.2, 0) is 11.2 Å². The molecule has 0 bridgehead atoms. The molecule has 0 spiro atoms. The van der Waals surface area contributed by atoms with Crippen LogP contribution in [0.2, 0.25) is 0 Å². The summed E-state index contributed by atoms with van der Waals surface area (Å²) < 4.78 is 5.17. The highest BCUT2D eigenvalue weighted by Gasteiger charge is 2.10. The molecule has 25 heavy (non-hydrogen) atoms. The van der Waals surface area contributed by atoms with E-state index in [2.05, 4.69) is 48.5 Å². The summed E-state index contributed by atoms with van der Waals surface area (Å²) in [5, 5.41) is 6.68. The second kappa shape index (κ2) is 10.6. The first-order valence-electron chi connectivity index (χ1n) is 8.71. The Morgan fingerprint density at radius 2 is 1.84 bits per heavy atom. The molecule has 2 N–H and O–H groups in total. The highest BCUT2D eigenvalue weighted by Crippen LogP contribution is 2.11. The highest BCUT2D eigenvalue weighted by atomic mass is 16.5. The topological polar surface area (TPSA) is 66.0 Å². The van der Waals surface area contributed by atoms with Crippen molar-refractivity contribution < 1.29 is 9.53 Å². The number of methoxy groups -OCH3 is 1. The number of nitrogens with one attached hydrogen (secondary N) is 2. The van der Waals surface area contributed by atoms with Gasteiger partial charge < -0.3 is 20.3 Å². The summed E-state index contributed by atoms with van der Waals surface area (Å²) in [5.41, 5.74) is 1.22. The molecule has 0 radical (unpaired) electrons. The minimum absolute atomic E-state index is 0.0199. The number of ether oxygens (including phenoxy) is 1. The van der Waals surface area contributed by atoms with Gasteiger partial charge in [0, 0.05) is 26.7 Å². The first-order chi connectivity index (χ1) is 11.8. The number of nitrogens with zero attached hydrogens (tertiary/aromatic N) is 2. The van der Waals surface area contributed by atoms with E-state index in [0.717, 1.165) is 18.7 Å². The molecule has 0 aliphatic heterocycles. The van der Waals surface area contributed by atoms with Crippen molar-refractivity contribution in [1.82, 2.24) is 15.5 Å². The third-order valence-corrected chi connectivity index (χ3v) is 4.10. The van der Waals surface area contributed by atoms with Crippen LogP contribution in [0.15, 0.2) is 29.3 Å². The van der Waals surface area contributed by atoms with Crippen LogP contribution in [0, 0.1) is 5.92 Å². The number of carbonyl (C=O) groups excluding carboxylic acids is 1. The van der Waals surface area contributed by atoms with E-state index in [1.165, 1.54) is 5.56 Å². The van der Waals surface area contributed by atoms with E-state index in [1.54, 1.807) is 26.1 Å². The Hall–Kier alpha value is -2.24. The van der Waals surface area contributed by atoms with Gasteiger partial charge in [-0.3, -0.25) is 4.79 Å². The van der Waals surface area contributed by atoms with Crippen LogP contribution in [0.3, 0.4) is 0 Å². The summed E-state index contributed by atoms with van der Waals surface area (Å²) in [6.07, 6.45) is 0.863. The van der Waals surface area contributed by atoms with Crippen molar-refractivity contribution >= 4 is 11.9 Å². The fourth-order valence-electron chi connectivity index (χ4n) is 1.94. The Bertz CT molecular complexity index is 553. The summed E-state index contributed by atoms with van der Waals surface area (Å²) in [6, 6.07) is 8.29. The van der Waals surface area contributed by atoms with Gasteiger partial charge in [0.15, 0.2) is 5.96 Å². The van der Waals surface area contributed by atoms with Gasteiger partial charge in [-0.05, 0) is 37.0 Å². The number of hydrogen-bond donors (Lipinski definition) is 2. The monoisotopic (exact) mass is 348 g/mol. The summed E-state index contributed by atoms with van der Waals surface area (Å²) in [4.78, 5) is 17.7. The van der Waals surface area contributed by atoms with Crippen molar-refractivity contribution in [2.75, 3.05) is 34.3 Å². The Labute approximate surface area is 151 Å². The lowest BCUT2D eigenvalue weighted by atomic mass is 10.1. The fraction of sp³-hybridized carbons (Fsp3) is 0.579. The fourth-order valence-corrected chi connectivity index (χ4v) is 1.94. The molecule has 1 rings (SSSR count). The highest BCUT2D eigenvalue weighted by molar-refractivity contribution is 5.84. The smallest absolute Gasteiger partial charge is 0.243 e. The molecule has 0 aliphatic carbocycles. The number of carbonyl (C=O) groups is 1. The minimum atomic E-state index is -0.0199. The maximum absolute atomic E-state index is 11.8. The molecule has 6 heteroatoms. The molecule has 1 aromatic rings. The van der Waals surface area contributed by atoms with E-state index < -0.39 is 0 Å². The van der Waals surface area contributed by atoms with Crippen molar-refractivity contribution in [1.29, 1.82) is 0 Å². The molecule has 1 unspecified atom stereocenters. The zero-order chi connectivity index (χ0) is 18.8. The average Bonchev–Trinajstić information content (AvgIpc) is 2.59. The second-order valence-corrected chi connectivity index (χ2v) is 6.65. The predicted octanol–water partition coefficient (Wildman–Crippen LogP) is 1.91. The van der Waals surface area contributed by atoms with Crippen LogP contribution in [0.4, 0.5) is 0 Å². The number of aliphatic imine (C=N–C) groups is 1. The third kappa shape index (κ3) is 7.92. The van der Waals surface area contributed by atoms with Gasteiger partial charge in [-0.15, -0.1) is 0 Å².